The number of carboxylic acids is 1. The highest BCUT2D eigenvalue weighted by Gasteiger charge is 2.20. The van der Waals surface area contributed by atoms with Crippen LogP contribution in [0.25, 0.3) is 0 Å². The van der Waals surface area contributed by atoms with Crippen LogP contribution in [0.4, 0.5) is 0 Å². The molecule has 1 atom stereocenters. The zero-order chi connectivity index (χ0) is 16.0. The summed E-state index contributed by atoms with van der Waals surface area (Å²) in [6, 6.07) is 2.88. The van der Waals surface area contributed by atoms with Crippen LogP contribution in [0.1, 0.15) is 5.56 Å². The maximum absolute atomic E-state index is 11.6. The van der Waals surface area contributed by atoms with Crippen molar-refractivity contribution < 1.29 is 24.9 Å². The molecule has 0 fully saturated rings. The number of carboxylic acid groups (broad SMARTS) is 1. The van der Waals surface area contributed by atoms with Gasteiger partial charge in [-0.15, -0.1) is 0 Å². The summed E-state index contributed by atoms with van der Waals surface area (Å²) in [6.45, 7) is -0.0440. The average Bonchev–Trinajstić information content (AvgIpc) is 2.39. The second kappa shape index (κ2) is 7.46. The number of rotatable bonds is 7. The van der Waals surface area contributed by atoms with Crippen LogP contribution in [-0.4, -0.2) is 58.9 Å². The minimum Gasteiger partial charge on any atom is -0.504 e. The van der Waals surface area contributed by atoms with Crippen molar-refractivity contribution in [2.75, 3.05) is 20.6 Å². The van der Waals surface area contributed by atoms with Crippen LogP contribution in [0, 0.1) is 0 Å². The maximum Gasteiger partial charge on any atom is 0.326 e. The van der Waals surface area contributed by atoms with Gasteiger partial charge < -0.3 is 20.6 Å². The first kappa shape index (κ1) is 16.7. The fraction of sp³-hybridized carbons (Fsp3) is 0.385. The van der Waals surface area contributed by atoms with E-state index >= 15 is 0 Å². The molecule has 0 heterocycles. The van der Waals surface area contributed by atoms with Crippen LogP contribution in [0.15, 0.2) is 18.2 Å². The molecule has 0 aliphatic rings. The SMILES string of the molecule is CN(C)NCC(=O)N[C@@H](Cc1ccc(O)c(O)c1)C(=O)O. The number of aliphatic carboxylic acids is 1. The van der Waals surface area contributed by atoms with E-state index in [4.69, 9.17) is 5.11 Å². The smallest absolute Gasteiger partial charge is 0.326 e. The predicted molar refractivity (Wildman–Crippen MR) is 74.7 cm³/mol. The zero-order valence-electron chi connectivity index (χ0n) is 11.8. The minimum atomic E-state index is -1.18. The molecule has 5 N–H and O–H groups in total. The summed E-state index contributed by atoms with van der Waals surface area (Å²) < 4.78 is 0. The van der Waals surface area contributed by atoms with Crippen molar-refractivity contribution in [3.8, 4) is 11.5 Å². The molecule has 0 aromatic heterocycles. The third-order valence-electron chi connectivity index (χ3n) is 2.67. The van der Waals surface area contributed by atoms with Gasteiger partial charge in [0.25, 0.3) is 0 Å². The van der Waals surface area contributed by atoms with E-state index in [9.17, 15) is 19.8 Å². The first-order chi connectivity index (χ1) is 9.79. The molecule has 116 valence electrons. The molecule has 8 heteroatoms. The molecule has 1 aromatic carbocycles. The molecule has 0 aliphatic carbocycles. The van der Waals surface area contributed by atoms with Gasteiger partial charge >= 0.3 is 5.97 Å². The Labute approximate surface area is 122 Å². The van der Waals surface area contributed by atoms with Crippen molar-refractivity contribution in [3.63, 3.8) is 0 Å². The number of amides is 1. The molecule has 1 amide bonds. The highest BCUT2D eigenvalue weighted by atomic mass is 16.4. The molecule has 0 unspecified atom stereocenters. The number of nitrogens with one attached hydrogen (secondary N) is 2. The topological polar surface area (TPSA) is 122 Å². The number of hydrazine groups is 1. The van der Waals surface area contributed by atoms with Crippen molar-refractivity contribution in [1.29, 1.82) is 0 Å². The Morgan fingerprint density at radius 3 is 2.43 bits per heavy atom. The summed E-state index contributed by atoms with van der Waals surface area (Å²) in [7, 11) is 3.42. The van der Waals surface area contributed by atoms with Gasteiger partial charge in [-0.1, -0.05) is 6.07 Å². The first-order valence-corrected chi connectivity index (χ1v) is 6.23. The van der Waals surface area contributed by atoms with Crippen molar-refractivity contribution in [1.82, 2.24) is 15.8 Å². The Morgan fingerprint density at radius 1 is 1.24 bits per heavy atom. The molecule has 1 rings (SSSR count). The highest BCUT2D eigenvalue weighted by molar-refractivity contribution is 5.84. The second-order valence-corrected chi connectivity index (χ2v) is 4.71. The van der Waals surface area contributed by atoms with E-state index < -0.39 is 17.9 Å². The summed E-state index contributed by atoms with van der Waals surface area (Å²) in [5.74, 6) is -2.26. The van der Waals surface area contributed by atoms with Crippen LogP contribution < -0.4 is 10.7 Å². The molecule has 8 nitrogen and oxygen atoms in total. The Bertz CT molecular complexity index is 519. The summed E-state index contributed by atoms with van der Waals surface area (Å²) >= 11 is 0. The van der Waals surface area contributed by atoms with Gasteiger partial charge in [0.2, 0.25) is 5.91 Å². The fourth-order valence-corrected chi connectivity index (χ4v) is 1.61. The van der Waals surface area contributed by atoms with Crippen LogP contribution in [-0.2, 0) is 16.0 Å². The average molecular weight is 297 g/mol. The second-order valence-electron chi connectivity index (χ2n) is 4.71. The largest absolute Gasteiger partial charge is 0.504 e. The van der Waals surface area contributed by atoms with Gasteiger partial charge in [-0.05, 0) is 17.7 Å². The van der Waals surface area contributed by atoms with Gasteiger partial charge in [0, 0.05) is 20.5 Å². The molecule has 0 bridgehead atoms. The van der Waals surface area contributed by atoms with E-state index in [0.717, 1.165) is 0 Å². The lowest BCUT2D eigenvalue weighted by Crippen LogP contribution is -2.47. The van der Waals surface area contributed by atoms with Crippen LogP contribution in [0.5, 0.6) is 11.5 Å². The number of carbonyl (C=O) groups excluding carboxylic acids is 1. The maximum atomic E-state index is 11.6. The number of phenolic OH excluding ortho intramolecular Hbond substituents is 2. The van der Waals surface area contributed by atoms with E-state index in [1.54, 1.807) is 19.1 Å². The lowest BCUT2D eigenvalue weighted by molar-refractivity contribution is -0.141. The molecule has 0 radical (unpaired) electrons. The number of carbonyl (C=O) groups is 2. The molecule has 0 saturated heterocycles. The quantitative estimate of drug-likeness (QED) is 0.332. The lowest BCUT2D eigenvalue weighted by atomic mass is 10.1. The number of nitrogens with zero attached hydrogens (tertiary/aromatic N) is 1. The van der Waals surface area contributed by atoms with E-state index in [2.05, 4.69) is 10.7 Å². The van der Waals surface area contributed by atoms with Crippen molar-refractivity contribution in [2.24, 2.45) is 0 Å². The summed E-state index contributed by atoms with van der Waals surface area (Å²) in [4.78, 5) is 22.8. The third kappa shape index (κ3) is 5.67. The Kier molecular flexibility index (Phi) is 5.94. The van der Waals surface area contributed by atoms with Crippen LogP contribution in [0.2, 0.25) is 0 Å². The molecular weight excluding hydrogens is 278 g/mol. The Morgan fingerprint density at radius 2 is 1.90 bits per heavy atom. The standard InChI is InChI=1S/C13H19N3O5/c1-16(2)14-7-12(19)15-9(13(20)21)5-8-3-4-10(17)11(18)6-8/h3-4,6,9,14,17-18H,5,7H2,1-2H3,(H,15,19)(H,20,21)/t9-/m0/s1. The zero-order valence-corrected chi connectivity index (χ0v) is 11.8. The lowest BCUT2D eigenvalue weighted by Gasteiger charge is -2.17. The Hall–Kier alpha value is -2.32. The van der Waals surface area contributed by atoms with Gasteiger partial charge in [0.15, 0.2) is 11.5 Å². The minimum absolute atomic E-state index is 0.00310. The number of hydrogen-bond acceptors (Lipinski definition) is 6. The van der Waals surface area contributed by atoms with Gasteiger partial charge in [-0.25, -0.2) is 10.2 Å². The summed E-state index contributed by atoms with van der Waals surface area (Å²) in [5.41, 5.74) is 3.21. The van der Waals surface area contributed by atoms with Gasteiger partial charge in [0.1, 0.15) is 6.04 Å². The van der Waals surface area contributed by atoms with Crippen molar-refractivity contribution in [2.45, 2.75) is 12.5 Å². The van der Waals surface area contributed by atoms with E-state index in [-0.39, 0.29) is 24.5 Å². The molecule has 0 aliphatic heterocycles. The third-order valence-corrected chi connectivity index (χ3v) is 2.67. The first-order valence-electron chi connectivity index (χ1n) is 6.23. The van der Waals surface area contributed by atoms with Gasteiger partial charge in [-0.3, -0.25) is 9.80 Å². The fourth-order valence-electron chi connectivity index (χ4n) is 1.61. The van der Waals surface area contributed by atoms with Crippen molar-refractivity contribution >= 4 is 11.9 Å². The van der Waals surface area contributed by atoms with Crippen LogP contribution >= 0.6 is 0 Å². The number of hydrogen-bond donors (Lipinski definition) is 5. The summed E-state index contributed by atoms with van der Waals surface area (Å²) in [5, 5.41) is 31.7. The molecule has 1 aromatic rings. The van der Waals surface area contributed by atoms with Gasteiger partial charge in [0.05, 0.1) is 6.54 Å². The molecule has 0 saturated carbocycles. The predicted octanol–water partition coefficient (Wildman–Crippen LogP) is -0.724. The van der Waals surface area contributed by atoms with E-state index in [1.165, 1.54) is 18.2 Å². The van der Waals surface area contributed by atoms with Gasteiger partial charge in [-0.2, -0.15) is 0 Å². The van der Waals surface area contributed by atoms with Crippen LogP contribution in [0.3, 0.4) is 0 Å². The molecule has 21 heavy (non-hydrogen) atoms. The Balaban J connectivity index is 2.67. The monoisotopic (exact) mass is 297 g/mol. The van der Waals surface area contributed by atoms with E-state index in [1.807, 2.05) is 0 Å². The van der Waals surface area contributed by atoms with E-state index in [0.29, 0.717) is 5.56 Å². The summed E-state index contributed by atoms with van der Waals surface area (Å²) in [6.07, 6.45) is -0.00310. The normalized spacial score (nSPS) is 12.1. The molecular formula is C13H19N3O5. The number of phenols is 2. The molecule has 0 spiro atoms. The number of benzene rings is 1. The number of aromatic hydroxyl groups is 2. The highest BCUT2D eigenvalue weighted by Crippen LogP contribution is 2.25. The van der Waals surface area contributed by atoms with Crippen molar-refractivity contribution in [3.05, 3.63) is 23.8 Å².